The van der Waals surface area contributed by atoms with Gasteiger partial charge in [-0.2, -0.15) is 4.98 Å². The molecule has 0 aliphatic carbocycles. The van der Waals surface area contributed by atoms with Gasteiger partial charge in [0.1, 0.15) is 5.75 Å². The Labute approximate surface area is 164 Å². The molecule has 1 aliphatic rings. The molecule has 0 unspecified atom stereocenters. The van der Waals surface area contributed by atoms with Gasteiger partial charge in [-0.15, -0.1) is 24.0 Å². The second-order valence-electron chi connectivity index (χ2n) is 5.70. The number of aryl methyl sites for hydroxylation is 1. The smallest absolute Gasteiger partial charge is 0.228 e. The number of nitrogens with zero attached hydrogens (tertiary/aromatic N) is 3. The molecular formula is C17H24IN5O2. The third-order valence-corrected chi connectivity index (χ3v) is 3.88. The summed E-state index contributed by atoms with van der Waals surface area (Å²) >= 11 is 0. The predicted octanol–water partition coefficient (Wildman–Crippen LogP) is 1.88. The molecule has 1 aliphatic heterocycles. The molecule has 0 amide bonds. The Kier molecular flexibility index (Phi) is 7.48. The maximum Gasteiger partial charge on any atom is 0.228 e. The summed E-state index contributed by atoms with van der Waals surface area (Å²) in [5.41, 5.74) is 2.62. The van der Waals surface area contributed by atoms with Gasteiger partial charge in [-0.25, -0.2) is 0 Å². The van der Waals surface area contributed by atoms with Crippen molar-refractivity contribution in [3.8, 4) is 5.75 Å². The molecule has 8 heteroatoms. The van der Waals surface area contributed by atoms with Crippen LogP contribution in [0, 0.1) is 6.92 Å². The number of ether oxygens (including phenoxy) is 1. The minimum Gasteiger partial charge on any atom is -0.493 e. The van der Waals surface area contributed by atoms with Gasteiger partial charge in [0.25, 0.3) is 0 Å². The zero-order chi connectivity index (χ0) is 16.8. The number of guanidine groups is 1. The quantitative estimate of drug-likeness (QED) is 0.392. The van der Waals surface area contributed by atoms with E-state index in [1.807, 2.05) is 6.92 Å². The van der Waals surface area contributed by atoms with Gasteiger partial charge < -0.3 is 19.9 Å². The fourth-order valence-corrected chi connectivity index (χ4v) is 2.67. The molecule has 1 aromatic carbocycles. The average Bonchev–Trinajstić information content (AvgIpc) is 3.21. The van der Waals surface area contributed by atoms with E-state index >= 15 is 0 Å². The van der Waals surface area contributed by atoms with Gasteiger partial charge in [-0.3, -0.25) is 4.99 Å². The highest BCUT2D eigenvalue weighted by molar-refractivity contribution is 14.0. The van der Waals surface area contributed by atoms with Crippen molar-refractivity contribution in [3.05, 3.63) is 41.0 Å². The highest BCUT2D eigenvalue weighted by atomic mass is 127. The van der Waals surface area contributed by atoms with E-state index in [2.05, 4.69) is 44.0 Å². The molecule has 0 fully saturated rings. The van der Waals surface area contributed by atoms with Crippen LogP contribution < -0.4 is 15.4 Å². The minimum atomic E-state index is 0. The summed E-state index contributed by atoms with van der Waals surface area (Å²) in [7, 11) is 1.76. The summed E-state index contributed by atoms with van der Waals surface area (Å²) < 4.78 is 10.6. The van der Waals surface area contributed by atoms with Crippen LogP contribution in [-0.2, 0) is 19.3 Å². The first-order chi connectivity index (χ1) is 11.7. The number of hydrogen-bond acceptors (Lipinski definition) is 5. The highest BCUT2D eigenvalue weighted by Gasteiger charge is 2.11. The maximum atomic E-state index is 5.53. The Bertz CT molecular complexity index is 717. The summed E-state index contributed by atoms with van der Waals surface area (Å²) in [6.07, 6.45) is 2.62. The number of aromatic nitrogens is 2. The van der Waals surface area contributed by atoms with Crippen LogP contribution in [0.2, 0.25) is 0 Å². The Morgan fingerprint density at radius 1 is 1.24 bits per heavy atom. The SMILES string of the molecule is CN=C(NCCc1ccc2c(c1)CCO2)NCCc1nc(C)no1.I. The fraction of sp³-hybridized carbons (Fsp3) is 0.471. The Balaban J connectivity index is 0.00000225. The number of fused-ring (bicyclic) bond motifs is 1. The lowest BCUT2D eigenvalue weighted by Gasteiger charge is -2.11. The van der Waals surface area contributed by atoms with E-state index in [0.717, 1.165) is 37.7 Å². The van der Waals surface area contributed by atoms with E-state index in [0.29, 0.717) is 24.7 Å². The normalized spacial score (nSPS) is 13.0. The molecule has 2 heterocycles. The summed E-state index contributed by atoms with van der Waals surface area (Å²) in [4.78, 5) is 8.40. The first-order valence-corrected chi connectivity index (χ1v) is 8.23. The largest absolute Gasteiger partial charge is 0.493 e. The molecule has 136 valence electrons. The van der Waals surface area contributed by atoms with Crippen molar-refractivity contribution in [3.63, 3.8) is 0 Å². The van der Waals surface area contributed by atoms with Gasteiger partial charge in [0.15, 0.2) is 11.8 Å². The lowest BCUT2D eigenvalue weighted by atomic mass is 10.1. The Morgan fingerprint density at radius 2 is 2.04 bits per heavy atom. The topological polar surface area (TPSA) is 84.6 Å². The molecule has 7 nitrogen and oxygen atoms in total. The van der Waals surface area contributed by atoms with Crippen LogP contribution in [0.25, 0.3) is 0 Å². The molecular weight excluding hydrogens is 433 g/mol. The van der Waals surface area contributed by atoms with Crippen LogP contribution >= 0.6 is 24.0 Å². The minimum absolute atomic E-state index is 0. The van der Waals surface area contributed by atoms with Crippen molar-refractivity contribution >= 4 is 29.9 Å². The molecule has 3 rings (SSSR count). The molecule has 1 aromatic heterocycles. The van der Waals surface area contributed by atoms with Gasteiger partial charge in [-0.05, 0) is 30.5 Å². The number of halogens is 1. The molecule has 25 heavy (non-hydrogen) atoms. The molecule has 0 bridgehead atoms. The van der Waals surface area contributed by atoms with Gasteiger partial charge in [0, 0.05) is 33.0 Å². The summed E-state index contributed by atoms with van der Waals surface area (Å²) in [5.74, 6) is 3.10. The van der Waals surface area contributed by atoms with Gasteiger partial charge >= 0.3 is 0 Å². The summed E-state index contributed by atoms with van der Waals surface area (Å²) in [5, 5.41) is 10.3. The zero-order valence-corrected chi connectivity index (χ0v) is 16.9. The van der Waals surface area contributed by atoms with Crippen molar-refractivity contribution in [2.45, 2.75) is 26.2 Å². The Hall–Kier alpha value is -1.84. The molecule has 0 spiro atoms. The van der Waals surface area contributed by atoms with Crippen molar-refractivity contribution in [2.24, 2.45) is 4.99 Å². The highest BCUT2D eigenvalue weighted by Crippen LogP contribution is 2.25. The number of hydrogen-bond donors (Lipinski definition) is 2. The molecule has 0 radical (unpaired) electrons. The van der Waals surface area contributed by atoms with Gasteiger partial charge in [0.05, 0.1) is 6.61 Å². The van der Waals surface area contributed by atoms with E-state index in [1.54, 1.807) is 7.05 Å². The van der Waals surface area contributed by atoms with E-state index < -0.39 is 0 Å². The monoisotopic (exact) mass is 457 g/mol. The van der Waals surface area contributed by atoms with Crippen LogP contribution in [0.4, 0.5) is 0 Å². The number of rotatable bonds is 6. The third kappa shape index (κ3) is 5.58. The van der Waals surface area contributed by atoms with E-state index in [4.69, 9.17) is 9.26 Å². The van der Waals surface area contributed by atoms with Crippen molar-refractivity contribution in [1.82, 2.24) is 20.8 Å². The third-order valence-electron chi connectivity index (χ3n) is 3.88. The van der Waals surface area contributed by atoms with E-state index in [-0.39, 0.29) is 24.0 Å². The van der Waals surface area contributed by atoms with Crippen molar-refractivity contribution < 1.29 is 9.26 Å². The average molecular weight is 457 g/mol. The summed E-state index contributed by atoms with van der Waals surface area (Å²) in [6.45, 7) is 4.12. The van der Waals surface area contributed by atoms with Crippen LogP contribution in [0.5, 0.6) is 5.75 Å². The van der Waals surface area contributed by atoms with Crippen LogP contribution in [0.15, 0.2) is 27.7 Å². The Morgan fingerprint density at radius 3 is 2.76 bits per heavy atom. The van der Waals surface area contributed by atoms with Crippen LogP contribution in [0.1, 0.15) is 22.8 Å². The first-order valence-electron chi connectivity index (χ1n) is 8.23. The predicted molar refractivity (Wildman–Crippen MR) is 107 cm³/mol. The molecule has 2 aromatic rings. The lowest BCUT2D eigenvalue weighted by molar-refractivity contribution is 0.357. The number of nitrogens with one attached hydrogen (secondary N) is 2. The number of benzene rings is 1. The van der Waals surface area contributed by atoms with Crippen LogP contribution in [-0.4, -0.2) is 42.8 Å². The maximum absolute atomic E-state index is 5.53. The number of aliphatic imine (C=N–C) groups is 1. The molecule has 0 atom stereocenters. The standard InChI is InChI=1S/C17H23N5O2.HI/c1-12-21-16(24-22-12)6-9-20-17(18-2)19-8-5-13-3-4-15-14(11-13)7-10-23-15;/h3-4,11H,5-10H2,1-2H3,(H2,18,19,20);1H. The second kappa shape index (κ2) is 9.59. The van der Waals surface area contributed by atoms with Gasteiger partial charge in [0.2, 0.25) is 5.89 Å². The van der Waals surface area contributed by atoms with E-state index in [1.165, 1.54) is 11.1 Å². The fourth-order valence-electron chi connectivity index (χ4n) is 2.67. The summed E-state index contributed by atoms with van der Waals surface area (Å²) in [6, 6.07) is 6.43. The van der Waals surface area contributed by atoms with Gasteiger partial charge in [-0.1, -0.05) is 17.3 Å². The van der Waals surface area contributed by atoms with Crippen LogP contribution in [0.3, 0.4) is 0 Å². The van der Waals surface area contributed by atoms with Crippen molar-refractivity contribution in [2.75, 3.05) is 26.7 Å². The molecule has 0 saturated heterocycles. The first kappa shape index (κ1) is 19.5. The lowest BCUT2D eigenvalue weighted by Crippen LogP contribution is -2.39. The molecule has 0 saturated carbocycles. The molecule has 2 N–H and O–H groups in total. The second-order valence-corrected chi connectivity index (χ2v) is 5.70. The van der Waals surface area contributed by atoms with E-state index in [9.17, 15) is 0 Å². The zero-order valence-electron chi connectivity index (χ0n) is 14.5. The van der Waals surface area contributed by atoms with Crippen molar-refractivity contribution in [1.29, 1.82) is 0 Å².